The standard InChI is InChI=1S/C17H21N5O5S2/c1-8(28)21(4)13-11(5-25-9(2)23)27-17(14(13)26-10(3)24)22-7-20-12-15(22)18-6-19-16(12)29/h6-7,11,13-14,17H,5H2,1-4H3,(H,18,19,29)/t11-,13-,14-,17+/m1/s1. The molecule has 0 radical (unpaired) electrons. The van der Waals surface area contributed by atoms with Gasteiger partial charge >= 0.3 is 11.9 Å². The van der Waals surface area contributed by atoms with E-state index in [2.05, 4.69) is 15.0 Å². The Hall–Kier alpha value is -2.44. The molecule has 2 aromatic heterocycles. The molecule has 0 aliphatic carbocycles. The number of thiocarbonyl (C=S) groups is 1. The van der Waals surface area contributed by atoms with Crippen LogP contribution in [-0.4, -0.2) is 73.3 Å². The first kappa shape index (κ1) is 21.3. The van der Waals surface area contributed by atoms with Gasteiger partial charge in [-0.3, -0.25) is 14.2 Å². The van der Waals surface area contributed by atoms with E-state index in [4.69, 9.17) is 38.6 Å². The highest BCUT2D eigenvalue weighted by Crippen LogP contribution is 2.36. The maximum absolute atomic E-state index is 11.9. The monoisotopic (exact) mass is 439 g/mol. The van der Waals surface area contributed by atoms with Gasteiger partial charge < -0.3 is 24.1 Å². The lowest BCUT2D eigenvalue weighted by molar-refractivity contribution is -0.153. The lowest BCUT2D eigenvalue weighted by atomic mass is 10.1. The SMILES string of the molecule is CC(=O)OC[C@H]1O[C@H](n2cnc3c(=S)nc[nH]c32)[C@H](OC(C)=O)[C@@H]1N(C)C(C)=S. The Morgan fingerprint density at radius 1 is 1.31 bits per heavy atom. The Morgan fingerprint density at radius 3 is 2.66 bits per heavy atom. The molecule has 1 aliphatic rings. The highest BCUT2D eigenvalue weighted by atomic mass is 32.1. The molecule has 4 atom stereocenters. The summed E-state index contributed by atoms with van der Waals surface area (Å²) in [5.74, 6) is -0.916. The summed E-state index contributed by atoms with van der Waals surface area (Å²) in [6.07, 6.45) is 0.899. The predicted molar refractivity (Wildman–Crippen MR) is 109 cm³/mol. The molecule has 12 heteroatoms. The first-order valence-electron chi connectivity index (χ1n) is 8.80. The zero-order valence-corrected chi connectivity index (χ0v) is 18.0. The van der Waals surface area contributed by atoms with Gasteiger partial charge in [0.25, 0.3) is 0 Å². The van der Waals surface area contributed by atoms with Gasteiger partial charge in [-0.05, 0) is 6.92 Å². The number of carbonyl (C=O) groups is 2. The molecule has 0 saturated carbocycles. The number of hydrogen-bond acceptors (Lipinski definition) is 9. The molecule has 1 saturated heterocycles. The van der Waals surface area contributed by atoms with E-state index in [1.54, 1.807) is 23.4 Å². The number of nitrogens with one attached hydrogen (secondary N) is 1. The van der Waals surface area contributed by atoms with E-state index in [0.29, 0.717) is 20.8 Å². The second-order valence-corrected chi connectivity index (χ2v) is 7.60. The van der Waals surface area contributed by atoms with E-state index >= 15 is 0 Å². The molecule has 3 heterocycles. The van der Waals surface area contributed by atoms with E-state index in [0.717, 1.165) is 0 Å². The van der Waals surface area contributed by atoms with Crippen LogP contribution in [0.2, 0.25) is 0 Å². The van der Waals surface area contributed by atoms with Gasteiger partial charge in [0, 0.05) is 20.9 Å². The van der Waals surface area contributed by atoms with Crippen LogP contribution < -0.4 is 0 Å². The summed E-state index contributed by atoms with van der Waals surface area (Å²) in [5, 5.41) is 0. The molecule has 0 amide bonds. The second kappa shape index (κ2) is 8.51. The minimum Gasteiger partial charge on any atom is -0.463 e. The zero-order valence-electron chi connectivity index (χ0n) is 16.3. The van der Waals surface area contributed by atoms with Crippen molar-refractivity contribution in [3.05, 3.63) is 17.3 Å². The molecule has 0 unspecified atom stereocenters. The highest BCUT2D eigenvalue weighted by molar-refractivity contribution is 7.80. The van der Waals surface area contributed by atoms with Gasteiger partial charge in [0.15, 0.2) is 17.0 Å². The quantitative estimate of drug-likeness (QED) is 0.544. The van der Waals surface area contributed by atoms with Crippen LogP contribution in [0.5, 0.6) is 0 Å². The van der Waals surface area contributed by atoms with Crippen molar-refractivity contribution in [3.8, 4) is 0 Å². The van der Waals surface area contributed by atoms with Gasteiger partial charge in [-0.1, -0.05) is 24.4 Å². The van der Waals surface area contributed by atoms with E-state index in [-0.39, 0.29) is 6.61 Å². The van der Waals surface area contributed by atoms with Crippen LogP contribution in [0, 0.1) is 4.64 Å². The van der Waals surface area contributed by atoms with Crippen molar-refractivity contribution in [1.82, 2.24) is 24.4 Å². The van der Waals surface area contributed by atoms with Crippen molar-refractivity contribution in [2.24, 2.45) is 0 Å². The largest absolute Gasteiger partial charge is 0.463 e. The van der Waals surface area contributed by atoms with Gasteiger partial charge in [-0.2, -0.15) is 0 Å². The summed E-state index contributed by atoms with van der Waals surface area (Å²) in [7, 11) is 1.78. The number of imidazole rings is 1. The summed E-state index contributed by atoms with van der Waals surface area (Å²) in [5.41, 5.74) is 1.06. The molecule has 3 rings (SSSR count). The molecular weight excluding hydrogens is 418 g/mol. The first-order chi connectivity index (χ1) is 13.7. The Morgan fingerprint density at radius 2 is 2.03 bits per heavy atom. The molecule has 1 aliphatic heterocycles. The number of ether oxygens (including phenoxy) is 3. The number of carbonyl (C=O) groups excluding carboxylic acids is 2. The Balaban J connectivity index is 2.07. The summed E-state index contributed by atoms with van der Waals surface area (Å²) in [4.78, 5) is 36.9. The number of aromatic amines is 1. The van der Waals surface area contributed by atoms with Crippen LogP contribution in [-0.2, 0) is 23.8 Å². The van der Waals surface area contributed by atoms with Gasteiger partial charge in [0.05, 0.1) is 17.6 Å². The van der Waals surface area contributed by atoms with Gasteiger partial charge in [0.2, 0.25) is 0 Å². The Bertz CT molecular complexity index is 1010. The van der Waals surface area contributed by atoms with Crippen molar-refractivity contribution < 1.29 is 23.8 Å². The third-order valence-electron chi connectivity index (χ3n) is 4.66. The van der Waals surface area contributed by atoms with E-state index in [9.17, 15) is 9.59 Å². The number of rotatable bonds is 5. The van der Waals surface area contributed by atoms with Crippen molar-refractivity contribution in [3.63, 3.8) is 0 Å². The number of aromatic nitrogens is 4. The normalized spacial score (nSPS) is 23.7. The van der Waals surface area contributed by atoms with E-state index < -0.39 is 36.4 Å². The molecule has 29 heavy (non-hydrogen) atoms. The second-order valence-electron chi connectivity index (χ2n) is 6.62. The minimum atomic E-state index is -0.751. The number of H-pyrrole nitrogens is 1. The molecule has 0 spiro atoms. The Kier molecular flexibility index (Phi) is 6.24. The van der Waals surface area contributed by atoms with Crippen molar-refractivity contribution in [2.75, 3.05) is 13.7 Å². The number of nitrogens with zero attached hydrogens (tertiary/aromatic N) is 4. The molecule has 2 aromatic rings. The third-order valence-corrected chi connectivity index (χ3v) is 5.25. The van der Waals surface area contributed by atoms with Crippen molar-refractivity contribution in [1.29, 1.82) is 0 Å². The molecule has 156 valence electrons. The van der Waals surface area contributed by atoms with Gasteiger partial charge in [-0.15, -0.1) is 0 Å². The first-order valence-corrected chi connectivity index (χ1v) is 9.62. The average Bonchev–Trinajstić information content (AvgIpc) is 3.21. The van der Waals surface area contributed by atoms with Crippen LogP contribution in [0.15, 0.2) is 12.7 Å². The summed E-state index contributed by atoms with van der Waals surface area (Å²) in [6.45, 7) is 4.37. The number of likely N-dealkylation sites (N-methyl/N-ethyl adjacent to an activating group) is 1. The maximum atomic E-state index is 11.9. The van der Waals surface area contributed by atoms with Gasteiger partial charge in [-0.25, -0.2) is 9.97 Å². The van der Waals surface area contributed by atoms with Crippen molar-refractivity contribution in [2.45, 2.75) is 45.2 Å². The van der Waals surface area contributed by atoms with Crippen LogP contribution in [0.3, 0.4) is 0 Å². The fourth-order valence-corrected chi connectivity index (χ4v) is 3.67. The predicted octanol–water partition coefficient (Wildman–Crippen LogP) is 1.53. The highest BCUT2D eigenvalue weighted by Gasteiger charge is 2.50. The third kappa shape index (κ3) is 4.28. The summed E-state index contributed by atoms with van der Waals surface area (Å²) < 4.78 is 19.0. The summed E-state index contributed by atoms with van der Waals surface area (Å²) in [6, 6.07) is -0.483. The molecular formula is C17H21N5O5S2. The van der Waals surface area contributed by atoms with E-state index in [1.807, 2.05) is 0 Å². The Labute approximate surface area is 177 Å². The molecule has 10 nitrogen and oxygen atoms in total. The average molecular weight is 440 g/mol. The molecule has 1 fully saturated rings. The van der Waals surface area contributed by atoms with Crippen molar-refractivity contribution >= 4 is 52.5 Å². The molecule has 1 N–H and O–H groups in total. The number of esters is 2. The number of hydrogen-bond donors (Lipinski definition) is 1. The van der Waals surface area contributed by atoms with Crippen LogP contribution >= 0.6 is 24.4 Å². The summed E-state index contributed by atoms with van der Waals surface area (Å²) >= 11 is 10.5. The van der Waals surface area contributed by atoms with Crippen LogP contribution in [0.1, 0.15) is 27.0 Å². The molecule has 0 bridgehead atoms. The lowest BCUT2D eigenvalue weighted by Gasteiger charge is -2.32. The fraction of sp³-hybridized carbons (Fsp3) is 0.529. The topological polar surface area (TPSA) is 112 Å². The smallest absolute Gasteiger partial charge is 0.303 e. The fourth-order valence-electron chi connectivity index (χ4n) is 3.34. The minimum absolute atomic E-state index is 0.0224. The lowest BCUT2D eigenvalue weighted by Crippen LogP contribution is -2.49. The maximum Gasteiger partial charge on any atom is 0.303 e. The zero-order chi connectivity index (χ0) is 21.3. The van der Waals surface area contributed by atoms with Gasteiger partial charge in [0.1, 0.15) is 29.9 Å². The van der Waals surface area contributed by atoms with E-state index in [1.165, 1.54) is 26.5 Å². The number of fused-ring (bicyclic) bond motifs is 1. The molecule has 0 aromatic carbocycles. The van der Waals surface area contributed by atoms with Crippen LogP contribution in [0.4, 0.5) is 0 Å². The van der Waals surface area contributed by atoms with Crippen LogP contribution in [0.25, 0.3) is 11.2 Å².